The largest absolute Gasteiger partial charge is 0.507 e. The maximum absolute atomic E-state index is 10.9. The molecule has 0 fully saturated rings. The van der Waals surface area contributed by atoms with Gasteiger partial charge < -0.3 is 20.6 Å². The molecule has 0 amide bonds. The molecule has 0 aromatic heterocycles. The zero-order valence-corrected chi connectivity index (χ0v) is 10.3. The average Bonchev–Trinajstić information content (AvgIpc) is 2.35. The summed E-state index contributed by atoms with van der Waals surface area (Å²) >= 11 is 0. The van der Waals surface area contributed by atoms with Gasteiger partial charge in [0.1, 0.15) is 11.8 Å². The van der Waals surface area contributed by atoms with Gasteiger partial charge in [-0.25, -0.2) is 4.79 Å². The first-order valence-corrected chi connectivity index (χ1v) is 5.57. The molecular weight excluding hydrogens is 250 g/mol. The Morgan fingerprint density at radius 1 is 1.37 bits per heavy atom. The summed E-state index contributed by atoms with van der Waals surface area (Å²) in [4.78, 5) is 21.3. The smallest absolute Gasteiger partial charge is 0.328 e. The Labute approximate surface area is 110 Å². The summed E-state index contributed by atoms with van der Waals surface area (Å²) in [5, 5.41) is 29.7. The molecule has 0 aliphatic rings. The lowest BCUT2D eigenvalue weighted by Gasteiger charge is -2.11. The van der Waals surface area contributed by atoms with E-state index in [1.165, 1.54) is 12.1 Å². The number of rotatable bonds is 6. The molecule has 6 heteroatoms. The fourth-order valence-electron chi connectivity index (χ4n) is 1.57. The molecule has 6 nitrogen and oxygen atoms in total. The Morgan fingerprint density at radius 2 is 2.05 bits per heavy atom. The van der Waals surface area contributed by atoms with Crippen LogP contribution in [0.5, 0.6) is 5.75 Å². The van der Waals surface area contributed by atoms with Crippen LogP contribution in [-0.2, 0) is 16.0 Å². The van der Waals surface area contributed by atoms with E-state index in [9.17, 15) is 14.7 Å². The molecule has 102 valence electrons. The molecule has 1 atom stereocenters. The molecule has 0 heterocycles. The zero-order valence-electron chi connectivity index (χ0n) is 10.3. The number of aliphatic carboxylic acids is 2. The van der Waals surface area contributed by atoms with E-state index in [1.54, 1.807) is 19.2 Å². The Hall–Kier alpha value is -2.34. The predicted octanol–water partition coefficient (Wildman–Crippen LogP) is 0.705. The minimum absolute atomic E-state index is 0.0578. The fraction of sp³-hybridized carbons (Fsp3) is 0.231. The predicted molar refractivity (Wildman–Crippen MR) is 69.0 cm³/mol. The van der Waals surface area contributed by atoms with Gasteiger partial charge in [-0.1, -0.05) is 6.07 Å². The first-order chi connectivity index (χ1) is 8.93. The summed E-state index contributed by atoms with van der Waals surface area (Å²) in [6, 6.07) is 3.83. The molecule has 4 N–H and O–H groups in total. The molecule has 0 saturated heterocycles. The van der Waals surface area contributed by atoms with Gasteiger partial charge in [-0.2, -0.15) is 0 Å². The Morgan fingerprint density at radius 3 is 2.58 bits per heavy atom. The molecule has 0 saturated carbocycles. The van der Waals surface area contributed by atoms with Crippen LogP contribution in [0.4, 0.5) is 0 Å². The summed E-state index contributed by atoms with van der Waals surface area (Å²) in [6.45, 7) is 0. The molecule has 0 unspecified atom stereocenters. The van der Waals surface area contributed by atoms with Crippen molar-refractivity contribution in [3.63, 3.8) is 0 Å². The van der Waals surface area contributed by atoms with Gasteiger partial charge in [0, 0.05) is 11.6 Å². The maximum Gasteiger partial charge on any atom is 0.328 e. The van der Waals surface area contributed by atoms with Crippen molar-refractivity contribution in [3.8, 4) is 5.75 Å². The van der Waals surface area contributed by atoms with E-state index < -0.39 is 18.0 Å². The van der Waals surface area contributed by atoms with Crippen LogP contribution in [0.15, 0.2) is 24.3 Å². The normalized spacial score (nSPS) is 12.5. The SMILES string of the molecule is CN[C@@H](Cc1ccc(O)c(/C=C/C(=O)O)c1)C(=O)O. The highest BCUT2D eigenvalue weighted by atomic mass is 16.4. The summed E-state index contributed by atoms with van der Waals surface area (Å²) in [7, 11) is 1.55. The number of nitrogens with one attached hydrogen (secondary N) is 1. The number of carboxylic acids is 2. The van der Waals surface area contributed by atoms with Gasteiger partial charge in [0.05, 0.1) is 0 Å². The highest BCUT2D eigenvalue weighted by Gasteiger charge is 2.15. The van der Waals surface area contributed by atoms with Gasteiger partial charge in [0.25, 0.3) is 0 Å². The third-order valence-corrected chi connectivity index (χ3v) is 2.58. The number of likely N-dealkylation sites (N-methyl/N-ethyl adjacent to an activating group) is 1. The summed E-state index contributed by atoms with van der Waals surface area (Å²) < 4.78 is 0. The van der Waals surface area contributed by atoms with Crippen molar-refractivity contribution in [2.75, 3.05) is 7.05 Å². The van der Waals surface area contributed by atoms with Crippen molar-refractivity contribution < 1.29 is 24.9 Å². The number of benzene rings is 1. The maximum atomic E-state index is 10.9. The van der Waals surface area contributed by atoms with Crippen molar-refractivity contribution in [1.29, 1.82) is 0 Å². The minimum atomic E-state index is -1.12. The number of carbonyl (C=O) groups is 2. The van der Waals surface area contributed by atoms with Crippen molar-refractivity contribution in [2.24, 2.45) is 0 Å². The standard InChI is InChI=1S/C13H15NO5/c1-14-10(13(18)19)7-8-2-4-11(15)9(6-8)3-5-12(16)17/h2-6,10,14-15H,7H2,1H3,(H,16,17)(H,18,19)/b5-3+/t10-/m0/s1. The van der Waals surface area contributed by atoms with Crippen LogP contribution in [0, 0.1) is 0 Å². The molecule has 0 spiro atoms. The molecular formula is C13H15NO5. The third-order valence-electron chi connectivity index (χ3n) is 2.58. The lowest BCUT2D eigenvalue weighted by atomic mass is 10.0. The highest BCUT2D eigenvalue weighted by Crippen LogP contribution is 2.20. The summed E-state index contributed by atoms with van der Waals surface area (Å²) in [5.74, 6) is -2.15. The molecule has 0 radical (unpaired) electrons. The molecule has 0 bridgehead atoms. The second-order valence-electron chi connectivity index (χ2n) is 3.95. The number of hydrogen-bond acceptors (Lipinski definition) is 4. The van der Waals surface area contributed by atoms with E-state index in [2.05, 4.69) is 5.32 Å². The highest BCUT2D eigenvalue weighted by molar-refractivity contribution is 5.86. The van der Waals surface area contributed by atoms with Gasteiger partial charge in [0.2, 0.25) is 0 Å². The Balaban J connectivity index is 2.95. The van der Waals surface area contributed by atoms with Crippen LogP contribution in [0.3, 0.4) is 0 Å². The molecule has 0 aliphatic carbocycles. The Bertz CT molecular complexity index is 510. The summed E-state index contributed by atoms with van der Waals surface area (Å²) in [6.07, 6.45) is 2.40. The van der Waals surface area contributed by atoms with Crippen molar-refractivity contribution in [1.82, 2.24) is 5.32 Å². The van der Waals surface area contributed by atoms with Gasteiger partial charge in [-0.15, -0.1) is 0 Å². The lowest BCUT2D eigenvalue weighted by molar-refractivity contribution is -0.139. The van der Waals surface area contributed by atoms with Gasteiger partial charge in [0.15, 0.2) is 0 Å². The molecule has 1 rings (SSSR count). The quantitative estimate of drug-likeness (QED) is 0.564. The van der Waals surface area contributed by atoms with Crippen molar-refractivity contribution in [2.45, 2.75) is 12.5 Å². The van der Waals surface area contributed by atoms with E-state index in [4.69, 9.17) is 10.2 Å². The number of phenolic OH excluding ortho intramolecular Hbond substituents is 1. The topological polar surface area (TPSA) is 107 Å². The molecule has 0 aliphatic heterocycles. The van der Waals surface area contributed by atoms with Crippen LogP contribution >= 0.6 is 0 Å². The van der Waals surface area contributed by atoms with E-state index in [-0.39, 0.29) is 12.2 Å². The van der Waals surface area contributed by atoms with Crippen LogP contribution in [0.1, 0.15) is 11.1 Å². The lowest BCUT2D eigenvalue weighted by Crippen LogP contribution is -2.35. The van der Waals surface area contributed by atoms with Crippen LogP contribution in [-0.4, -0.2) is 40.3 Å². The van der Waals surface area contributed by atoms with Crippen molar-refractivity contribution >= 4 is 18.0 Å². The molecule has 19 heavy (non-hydrogen) atoms. The van der Waals surface area contributed by atoms with E-state index in [0.29, 0.717) is 11.1 Å². The number of phenols is 1. The first kappa shape index (κ1) is 14.7. The average molecular weight is 265 g/mol. The first-order valence-electron chi connectivity index (χ1n) is 5.57. The Kier molecular flexibility index (Phi) is 5.08. The van der Waals surface area contributed by atoms with Crippen LogP contribution in [0.2, 0.25) is 0 Å². The van der Waals surface area contributed by atoms with E-state index in [0.717, 1.165) is 6.08 Å². The minimum Gasteiger partial charge on any atom is -0.507 e. The monoisotopic (exact) mass is 265 g/mol. The van der Waals surface area contributed by atoms with Crippen LogP contribution < -0.4 is 5.32 Å². The second-order valence-corrected chi connectivity index (χ2v) is 3.95. The van der Waals surface area contributed by atoms with Gasteiger partial charge in [-0.05, 0) is 37.2 Å². The number of aromatic hydroxyl groups is 1. The molecule has 1 aromatic rings. The van der Waals surface area contributed by atoms with E-state index >= 15 is 0 Å². The van der Waals surface area contributed by atoms with Gasteiger partial charge in [-0.3, -0.25) is 4.79 Å². The number of hydrogen-bond donors (Lipinski definition) is 4. The zero-order chi connectivity index (χ0) is 14.4. The summed E-state index contributed by atoms with van der Waals surface area (Å²) in [5.41, 5.74) is 1.02. The van der Waals surface area contributed by atoms with Crippen molar-refractivity contribution in [3.05, 3.63) is 35.4 Å². The third kappa shape index (κ3) is 4.44. The fourth-order valence-corrected chi connectivity index (χ4v) is 1.57. The second kappa shape index (κ2) is 6.55. The number of carboxylic acid groups (broad SMARTS) is 2. The van der Waals surface area contributed by atoms with Gasteiger partial charge >= 0.3 is 11.9 Å². The van der Waals surface area contributed by atoms with E-state index in [1.807, 2.05) is 0 Å². The molecule has 1 aromatic carbocycles. The van der Waals surface area contributed by atoms with Crippen LogP contribution in [0.25, 0.3) is 6.08 Å².